The number of nitrogens with zero attached hydrogens (tertiary/aromatic N) is 2. The van der Waals surface area contributed by atoms with Crippen LogP contribution < -0.4 is 4.90 Å². The fourth-order valence-corrected chi connectivity index (χ4v) is 4.56. The lowest BCUT2D eigenvalue weighted by atomic mass is 9.87. The number of H-pyrrole nitrogens is 1. The number of aromatic amines is 1. The molecule has 0 radical (unpaired) electrons. The van der Waals surface area contributed by atoms with E-state index in [9.17, 15) is 0 Å². The van der Waals surface area contributed by atoms with Gasteiger partial charge in [0.05, 0.1) is 0 Å². The summed E-state index contributed by atoms with van der Waals surface area (Å²) in [6.45, 7) is 4.54. The first-order chi connectivity index (χ1) is 12.3. The van der Waals surface area contributed by atoms with Crippen LogP contribution in [0.2, 0.25) is 0 Å². The fourth-order valence-electron chi connectivity index (χ4n) is 4.56. The molecular formula is C22H25N3. The number of aromatic nitrogens is 1. The Bertz CT molecular complexity index is 872. The standard InChI is InChI=1S/C22H25N3/c1-24-14-17-12-18(25-10-4-5-11-25)8-9-19(17)20(15-24)22-13-16-6-2-3-7-21(16)23-22/h2-3,6-9,12-13,20,23H,4-5,10-11,14-15H2,1H3. The molecule has 1 fully saturated rings. The summed E-state index contributed by atoms with van der Waals surface area (Å²) >= 11 is 0. The Morgan fingerprint density at radius 2 is 1.84 bits per heavy atom. The Morgan fingerprint density at radius 3 is 2.68 bits per heavy atom. The number of nitrogens with one attached hydrogen (secondary N) is 1. The molecule has 0 amide bonds. The summed E-state index contributed by atoms with van der Waals surface area (Å²) in [6.07, 6.45) is 2.66. The van der Waals surface area contributed by atoms with Crippen LogP contribution in [-0.2, 0) is 6.54 Å². The Hall–Kier alpha value is -2.26. The predicted octanol–water partition coefficient (Wildman–Crippen LogP) is 4.35. The molecule has 128 valence electrons. The minimum absolute atomic E-state index is 0.425. The molecule has 0 aliphatic carbocycles. The molecule has 3 heterocycles. The first-order valence-electron chi connectivity index (χ1n) is 9.42. The number of hydrogen-bond acceptors (Lipinski definition) is 2. The van der Waals surface area contributed by atoms with E-state index in [1.165, 1.54) is 59.3 Å². The zero-order valence-electron chi connectivity index (χ0n) is 14.8. The molecule has 3 heteroatoms. The first-order valence-corrected chi connectivity index (χ1v) is 9.42. The molecule has 0 spiro atoms. The third-order valence-corrected chi connectivity index (χ3v) is 5.83. The summed E-state index contributed by atoms with van der Waals surface area (Å²) in [6, 6.07) is 18.1. The number of benzene rings is 2. The van der Waals surface area contributed by atoms with Gasteiger partial charge in [-0.15, -0.1) is 0 Å². The third-order valence-electron chi connectivity index (χ3n) is 5.83. The summed E-state index contributed by atoms with van der Waals surface area (Å²) in [5.41, 5.74) is 6.96. The predicted molar refractivity (Wildman–Crippen MR) is 104 cm³/mol. The quantitative estimate of drug-likeness (QED) is 0.754. The van der Waals surface area contributed by atoms with Crippen molar-refractivity contribution in [2.45, 2.75) is 25.3 Å². The van der Waals surface area contributed by atoms with Crippen LogP contribution in [0.4, 0.5) is 5.69 Å². The van der Waals surface area contributed by atoms with E-state index < -0.39 is 0 Å². The molecule has 1 aromatic heterocycles. The number of fused-ring (bicyclic) bond motifs is 2. The summed E-state index contributed by atoms with van der Waals surface area (Å²) in [7, 11) is 2.24. The van der Waals surface area contributed by atoms with Gasteiger partial charge < -0.3 is 14.8 Å². The lowest BCUT2D eigenvalue weighted by Crippen LogP contribution is -2.31. The molecule has 5 rings (SSSR count). The highest BCUT2D eigenvalue weighted by molar-refractivity contribution is 5.80. The minimum Gasteiger partial charge on any atom is -0.372 e. The largest absolute Gasteiger partial charge is 0.372 e. The molecule has 1 N–H and O–H groups in total. The van der Waals surface area contributed by atoms with Gasteiger partial charge in [-0.05, 0) is 60.7 Å². The van der Waals surface area contributed by atoms with Crippen molar-refractivity contribution in [2.24, 2.45) is 0 Å². The van der Waals surface area contributed by atoms with Gasteiger partial charge in [-0.1, -0.05) is 24.3 Å². The van der Waals surface area contributed by atoms with E-state index in [1.54, 1.807) is 0 Å². The minimum atomic E-state index is 0.425. The summed E-state index contributed by atoms with van der Waals surface area (Å²) in [5, 5.41) is 1.31. The summed E-state index contributed by atoms with van der Waals surface area (Å²) < 4.78 is 0. The molecule has 3 aromatic rings. The molecule has 2 aromatic carbocycles. The van der Waals surface area contributed by atoms with Crippen LogP contribution >= 0.6 is 0 Å². The van der Waals surface area contributed by atoms with Crippen molar-refractivity contribution in [3.63, 3.8) is 0 Å². The highest BCUT2D eigenvalue weighted by Gasteiger charge is 2.27. The van der Waals surface area contributed by atoms with Crippen molar-refractivity contribution in [1.82, 2.24) is 9.88 Å². The molecule has 2 aliphatic rings. The zero-order chi connectivity index (χ0) is 16.8. The molecule has 1 unspecified atom stereocenters. The maximum Gasteiger partial charge on any atom is 0.0456 e. The smallest absolute Gasteiger partial charge is 0.0456 e. The van der Waals surface area contributed by atoms with Gasteiger partial charge in [0.25, 0.3) is 0 Å². The molecule has 25 heavy (non-hydrogen) atoms. The second-order valence-electron chi connectivity index (χ2n) is 7.64. The maximum atomic E-state index is 3.66. The molecule has 2 aliphatic heterocycles. The van der Waals surface area contributed by atoms with Gasteiger partial charge in [-0.3, -0.25) is 0 Å². The van der Waals surface area contributed by atoms with Crippen LogP contribution in [0.1, 0.15) is 35.6 Å². The zero-order valence-corrected chi connectivity index (χ0v) is 14.8. The number of para-hydroxylation sites is 1. The summed E-state index contributed by atoms with van der Waals surface area (Å²) in [5.74, 6) is 0.425. The van der Waals surface area contributed by atoms with Crippen molar-refractivity contribution in [1.29, 1.82) is 0 Å². The topological polar surface area (TPSA) is 22.3 Å². The Balaban J connectivity index is 1.55. The van der Waals surface area contributed by atoms with Gasteiger partial charge in [0, 0.05) is 49.0 Å². The number of likely N-dealkylation sites (N-methyl/N-ethyl adjacent to an activating group) is 1. The van der Waals surface area contributed by atoms with E-state index >= 15 is 0 Å². The van der Waals surface area contributed by atoms with Gasteiger partial charge >= 0.3 is 0 Å². The van der Waals surface area contributed by atoms with Crippen LogP contribution in [0.15, 0.2) is 48.5 Å². The number of hydrogen-bond donors (Lipinski definition) is 1. The Morgan fingerprint density at radius 1 is 1.00 bits per heavy atom. The fraction of sp³-hybridized carbons (Fsp3) is 0.364. The number of rotatable bonds is 2. The normalized spacial score (nSPS) is 21.0. The molecule has 0 saturated carbocycles. The van der Waals surface area contributed by atoms with Crippen molar-refractivity contribution in [2.75, 3.05) is 31.6 Å². The number of anilines is 1. The Kier molecular flexibility index (Phi) is 3.56. The summed E-state index contributed by atoms with van der Waals surface area (Å²) in [4.78, 5) is 8.64. The highest BCUT2D eigenvalue weighted by atomic mass is 15.1. The van der Waals surface area contributed by atoms with Gasteiger partial charge in [-0.2, -0.15) is 0 Å². The SMILES string of the molecule is CN1Cc2cc(N3CCCC3)ccc2C(c2cc3ccccc3[nH]2)C1. The van der Waals surface area contributed by atoms with Crippen molar-refractivity contribution >= 4 is 16.6 Å². The van der Waals surface area contributed by atoms with E-state index in [4.69, 9.17) is 0 Å². The second-order valence-corrected chi connectivity index (χ2v) is 7.64. The lowest BCUT2D eigenvalue weighted by Gasteiger charge is -2.33. The first kappa shape index (κ1) is 15.0. The van der Waals surface area contributed by atoms with Crippen molar-refractivity contribution in [3.05, 3.63) is 65.4 Å². The van der Waals surface area contributed by atoms with E-state index in [0.717, 1.165) is 13.1 Å². The van der Waals surface area contributed by atoms with Crippen molar-refractivity contribution in [3.8, 4) is 0 Å². The second kappa shape index (κ2) is 5.92. The molecule has 1 saturated heterocycles. The highest BCUT2D eigenvalue weighted by Crippen LogP contribution is 2.36. The van der Waals surface area contributed by atoms with E-state index in [1.807, 2.05) is 0 Å². The van der Waals surface area contributed by atoms with E-state index in [0.29, 0.717) is 5.92 Å². The van der Waals surface area contributed by atoms with Crippen LogP contribution in [0.25, 0.3) is 10.9 Å². The maximum absolute atomic E-state index is 3.66. The molecular weight excluding hydrogens is 306 g/mol. The van der Waals surface area contributed by atoms with Crippen LogP contribution in [0, 0.1) is 0 Å². The van der Waals surface area contributed by atoms with E-state index in [-0.39, 0.29) is 0 Å². The van der Waals surface area contributed by atoms with Gasteiger partial charge in [0.15, 0.2) is 0 Å². The lowest BCUT2D eigenvalue weighted by molar-refractivity contribution is 0.294. The van der Waals surface area contributed by atoms with Crippen molar-refractivity contribution < 1.29 is 0 Å². The van der Waals surface area contributed by atoms with E-state index in [2.05, 4.69) is 70.4 Å². The van der Waals surface area contributed by atoms with Crippen LogP contribution in [0.5, 0.6) is 0 Å². The monoisotopic (exact) mass is 331 g/mol. The van der Waals surface area contributed by atoms with Gasteiger partial charge in [0.2, 0.25) is 0 Å². The van der Waals surface area contributed by atoms with Gasteiger partial charge in [-0.25, -0.2) is 0 Å². The average Bonchev–Trinajstić information content (AvgIpc) is 3.30. The Labute approximate surface area is 149 Å². The molecule has 0 bridgehead atoms. The molecule has 1 atom stereocenters. The van der Waals surface area contributed by atoms with Crippen LogP contribution in [-0.4, -0.2) is 36.6 Å². The van der Waals surface area contributed by atoms with Gasteiger partial charge in [0.1, 0.15) is 0 Å². The third kappa shape index (κ3) is 2.63. The van der Waals surface area contributed by atoms with Crippen LogP contribution in [0.3, 0.4) is 0 Å². The average molecular weight is 331 g/mol. The molecule has 3 nitrogen and oxygen atoms in total.